The molecule has 1 N–H and O–H groups in total. The van der Waals surface area contributed by atoms with Crippen LogP contribution in [-0.2, 0) is 7.05 Å². The first-order valence-electron chi connectivity index (χ1n) is 6.28. The third-order valence-electron chi connectivity index (χ3n) is 3.44. The molecular formula is C15H19NO3. The molecule has 1 aromatic carbocycles. The number of hydrogen-bond acceptors (Lipinski definition) is 2. The average Bonchev–Trinajstić information content (AvgIpc) is 2.61. The van der Waals surface area contributed by atoms with Gasteiger partial charge in [-0.25, -0.2) is 4.79 Å². The maximum Gasteiger partial charge on any atom is 0.352 e. The van der Waals surface area contributed by atoms with Gasteiger partial charge in [-0.05, 0) is 36.1 Å². The first kappa shape index (κ1) is 13.5. The predicted octanol–water partition coefficient (Wildman–Crippen LogP) is 3.32. The Morgan fingerprint density at radius 1 is 1.37 bits per heavy atom. The van der Waals surface area contributed by atoms with E-state index in [0.29, 0.717) is 11.4 Å². The van der Waals surface area contributed by atoms with Gasteiger partial charge in [-0.1, -0.05) is 13.8 Å². The summed E-state index contributed by atoms with van der Waals surface area (Å²) >= 11 is 0. The maximum absolute atomic E-state index is 11.5. The molecule has 4 heteroatoms. The number of carboxylic acids is 1. The standard InChI is InChI=1S/C15H19NO3/c1-8(2)12-10-6-9(3)7-11(19-5)13(10)16(4)14(12)15(17)18/h6-8H,1-5H3,(H,17,18). The van der Waals surface area contributed by atoms with Crippen LogP contribution >= 0.6 is 0 Å². The van der Waals surface area contributed by atoms with Gasteiger partial charge in [0.25, 0.3) is 0 Å². The van der Waals surface area contributed by atoms with Crippen molar-refractivity contribution in [1.82, 2.24) is 4.57 Å². The van der Waals surface area contributed by atoms with Gasteiger partial charge in [-0.3, -0.25) is 0 Å². The van der Waals surface area contributed by atoms with Gasteiger partial charge in [0.15, 0.2) is 0 Å². The Balaban J connectivity index is 3.01. The van der Waals surface area contributed by atoms with Crippen LogP contribution < -0.4 is 4.74 Å². The Morgan fingerprint density at radius 2 is 2.00 bits per heavy atom. The summed E-state index contributed by atoms with van der Waals surface area (Å²) in [5.74, 6) is -0.0460. The zero-order chi connectivity index (χ0) is 14.3. The second kappa shape index (κ2) is 4.61. The molecule has 0 saturated heterocycles. The van der Waals surface area contributed by atoms with Crippen molar-refractivity contribution in [2.24, 2.45) is 7.05 Å². The van der Waals surface area contributed by atoms with E-state index in [4.69, 9.17) is 4.74 Å². The van der Waals surface area contributed by atoms with E-state index >= 15 is 0 Å². The molecule has 19 heavy (non-hydrogen) atoms. The van der Waals surface area contributed by atoms with Gasteiger partial charge >= 0.3 is 5.97 Å². The number of hydrogen-bond donors (Lipinski definition) is 1. The van der Waals surface area contributed by atoms with Crippen LogP contribution in [0.15, 0.2) is 12.1 Å². The largest absolute Gasteiger partial charge is 0.495 e. The Morgan fingerprint density at radius 3 is 2.47 bits per heavy atom. The Hall–Kier alpha value is -1.97. The fourth-order valence-electron chi connectivity index (χ4n) is 2.72. The quantitative estimate of drug-likeness (QED) is 0.922. The molecule has 0 aliphatic rings. The van der Waals surface area contributed by atoms with E-state index in [1.54, 1.807) is 18.7 Å². The van der Waals surface area contributed by atoms with Crippen molar-refractivity contribution in [1.29, 1.82) is 0 Å². The summed E-state index contributed by atoms with van der Waals surface area (Å²) < 4.78 is 7.12. The molecule has 0 saturated carbocycles. The van der Waals surface area contributed by atoms with Crippen molar-refractivity contribution in [2.75, 3.05) is 7.11 Å². The van der Waals surface area contributed by atoms with E-state index in [1.807, 2.05) is 32.9 Å². The number of aromatic nitrogens is 1. The van der Waals surface area contributed by atoms with E-state index < -0.39 is 5.97 Å². The second-order valence-electron chi connectivity index (χ2n) is 5.14. The number of benzene rings is 1. The molecule has 0 aliphatic heterocycles. The van der Waals surface area contributed by atoms with Crippen molar-refractivity contribution in [2.45, 2.75) is 26.7 Å². The normalized spacial score (nSPS) is 11.3. The number of carbonyl (C=O) groups is 1. The molecular weight excluding hydrogens is 242 g/mol. The summed E-state index contributed by atoms with van der Waals surface area (Å²) in [5, 5.41) is 10.4. The van der Waals surface area contributed by atoms with Gasteiger partial charge in [-0.2, -0.15) is 0 Å². The molecule has 0 spiro atoms. The topological polar surface area (TPSA) is 51.5 Å². The van der Waals surface area contributed by atoms with Crippen LogP contribution in [-0.4, -0.2) is 22.8 Å². The summed E-state index contributed by atoms with van der Waals surface area (Å²) in [6, 6.07) is 3.96. The van der Waals surface area contributed by atoms with E-state index in [-0.39, 0.29) is 5.92 Å². The van der Waals surface area contributed by atoms with Crippen molar-refractivity contribution in [3.63, 3.8) is 0 Å². The summed E-state index contributed by atoms with van der Waals surface area (Å²) in [4.78, 5) is 11.5. The minimum absolute atomic E-state index is 0.140. The van der Waals surface area contributed by atoms with Crippen molar-refractivity contribution < 1.29 is 14.6 Å². The van der Waals surface area contributed by atoms with Gasteiger partial charge < -0.3 is 14.4 Å². The molecule has 0 radical (unpaired) electrons. The lowest BCUT2D eigenvalue weighted by molar-refractivity contribution is 0.0685. The third-order valence-corrected chi connectivity index (χ3v) is 3.44. The molecule has 2 aromatic rings. The minimum atomic E-state index is -0.901. The zero-order valence-electron chi connectivity index (χ0n) is 11.9. The Bertz CT molecular complexity index is 653. The molecule has 102 valence electrons. The molecule has 0 aliphatic carbocycles. The van der Waals surface area contributed by atoms with Crippen LogP contribution in [0, 0.1) is 6.92 Å². The molecule has 0 bridgehead atoms. The maximum atomic E-state index is 11.5. The average molecular weight is 261 g/mol. The Kier molecular flexibility index (Phi) is 3.27. The SMILES string of the molecule is COc1cc(C)cc2c(C(C)C)c(C(=O)O)n(C)c12. The highest BCUT2D eigenvalue weighted by atomic mass is 16.5. The molecule has 2 rings (SSSR count). The van der Waals surface area contributed by atoms with E-state index in [9.17, 15) is 9.90 Å². The lowest BCUT2D eigenvalue weighted by Gasteiger charge is -2.07. The predicted molar refractivity (Wildman–Crippen MR) is 75.3 cm³/mol. The molecule has 0 fully saturated rings. The number of nitrogens with zero attached hydrogens (tertiary/aromatic N) is 1. The number of aromatic carboxylic acids is 1. The highest BCUT2D eigenvalue weighted by Gasteiger charge is 2.24. The molecule has 0 amide bonds. The minimum Gasteiger partial charge on any atom is -0.495 e. The van der Waals surface area contributed by atoms with E-state index in [2.05, 4.69) is 0 Å². The smallest absolute Gasteiger partial charge is 0.352 e. The first-order chi connectivity index (χ1) is 8.88. The summed E-state index contributed by atoms with van der Waals surface area (Å²) in [6.07, 6.45) is 0. The molecule has 1 heterocycles. The van der Waals surface area contributed by atoms with Crippen LogP contribution in [0.5, 0.6) is 5.75 Å². The number of aryl methyl sites for hydroxylation is 2. The second-order valence-corrected chi connectivity index (χ2v) is 5.14. The number of fused-ring (bicyclic) bond motifs is 1. The van der Waals surface area contributed by atoms with Gasteiger partial charge in [0.2, 0.25) is 0 Å². The van der Waals surface area contributed by atoms with Crippen LogP contribution in [0.2, 0.25) is 0 Å². The fraction of sp³-hybridized carbons (Fsp3) is 0.400. The van der Waals surface area contributed by atoms with Crippen molar-refractivity contribution in [3.8, 4) is 5.75 Å². The number of carboxylic acid groups (broad SMARTS) is 1. The molecule has 0 unspecified atom stereocenters. The molecule has 1 aromatic heterocycles. The first-order valence-corrected chi connectivity index (χ1v) is 6.28. The molecule has 0 atom stereocenters. The summed E-state index contributed by atoms with van der Waals surface area (Å²) in [6.45, 7) is 6.01. The van der Waals surface area contributed by atoms with Gasteiger partial charge in [0.05, 0.1) is 12.6 Å². The zero-order valence-corrected chi connectivity index (χ0v) is 11.9. The lowest BCUT2D eigenvalue weighted by atomic mass is 9.98. The van der Waals surface area contributed by atoms with Crippen molar-refractivity contribution >= 4 is 16.9 Å². The highest BCUT2D eigenvalue weighted by Crippen LogP contribution is 2.37. The monoisotopic (exact) mass is 261 g/mol. The van der Waals surface area contributed by atoms with Gasteiger partial charge in [0.1, 0.15) is 11.4 Å². The van der Waals surface area contributed by atoms with Gasteiger partial charge in [-0.15, -0.1) is 0 Å². The van der Waals surface area contributed by atoms with E-state index in [1.165, 1.54) is 0 Å². The van der Waals surface area contributed by atoms with Crippen LogP contribution in [0.4, 0.5) is 0 Å². The lowest BCUT2D eigenvalue weighted by Crippen LogP contribution is -2.08. The van der Waals surface area contributed by atoms with Crippen LogP contribution in [0.3, 0.4) is 0 Å². The number of methoxy groups -OCH3 is 1. The van der Waals surface area contributed by atoms with Crippen molar-refractivity contribution in [3.05, 3.63) is 29.0 Å². The summed E-state index contributed by atoms with van der Waals surface area (Å²) in [7, 11) is 3.38. The fourth-order valence-corrected chi connectivity index (χ4v) is 2.72. The Labute approximate surface area is 112 Å². The van der Waals surface area contributed by atoms with Crippen LogP contribution in [0.25, 0.3) is 10.9 Å². The van der Waals surface area contributed by atoms with E-state index in [0.717, 1.165) is 22.0 Å². The number of ether oxygens (including phenoxy) is 1. The highest BCUT2D eigenvalue weighted by molar-refractivity contribution is 6.01. The summed E-state index contributed by atoms with van der Waals surface area (Å²) in [5.41, 5.74) is 3.11. The number of rotatable bonds is 3. The van der Waals surface area contributed by atoms with Crippen LogP contribution in [0.1, 0.15) is 41.4 Å². The third kappa shape index (κ3) is 1.97. The molecule has 4 nitrogen and oxygen atoms in total. The van der Waals surface area contributed by atoms with Gasteiger partial charge in [0, 0.05) is 12.4 Å².